The van der Waals surface area contributed by atoms with Crippen molar-refractivity contribution in [1.29, 1.82) is 0 Å². The average molecular weight is 1010 g/mol. The van der Waals surface area contributed by atoms with E-state index in [1.807, 2.05) is 62.4 Å². The van der Waals surface area contributed by atoms with Gasteiger partial charge in [-0.3, -0.25) is 9.69 Å². The van der Waals surface area contributed by atoms with Crippen LogP contribution in [0.5, 0.6) is 5.75 Å². The van der Waals surface area contributed by atoms with E-state index in [0.29, 0.717) is 95.5 Å². The van der Waals surface area contributed by atoms with Crippen LogP contribution in [-0.4, -0.2) is 66.0 Å². The second-order valence-electron chi connectivity index (χ2n) is 18.2. The van der Waals surface area contributed by atoms with Crippen molar-refractivity contribution in [2.24, 2.45) is 11.8 Å². The van der Waals surface area contributed by atoms with Crippen molar-refractivity contribution >= 4 is 28.9 Å². The van der Waals surface area contributed by atoms with Crippen molar-refractivity contribution in [2.75, 3.05) is 29.7 Å². The Bertz CT molecular complexity index is 2940. The predicted octanol–water partition coefficient (Wildman–Crippen LogP) is 10.5. The van der Waals surface area contributed by atoms with Crippen molar-refractivity contribution in [3.05, 3.63) is 142 Å². The molecule has 0 aliphatic carbocycles. The van der Waals surface area contributed by atoms with Crippen LogP contribution in [0, 0.1) is 11.8 Å². The van der Waals surface area contributed by atoms with Crippen LogP contribution >= 0.6 is 0 Å². The third-order valence-corrected chi connectivity index (χ3v) is 11.8. The monoisotopic (exact) mass is 1010 g/mol. The van der Waals surface area contributed by atoms with Crippen LogP contribution in [0.3, 0.4) is 0 Å². The quantitative estimate of drug-likeness (QED) is 0.0413. The van der Waals surface area contributed by atoms with Gasteiger partial charge in [0.2, 0.25) is 23.6 Å². The molecular weight excluding hydrogens is 950 g/mol. The molecule has 4 N–H and O–H groups in total. The normalized spacial score (nSPS) is 13.0. The number of alkyl halides is 3. The number of esters is 1. The predicted molar refractivity (Wildman–Crippen MR) is 263 cm³/mol. The maximum atomic E-state index is 13.4. The molecular formula is C52H59F3N10O8. The summed E-state index contributed by atoms with van der Waals surface area (Å²) in [6, 6.07) is 23.5. The number of hydrogen-bond donors (Lipinski definition) is 4. The lowest BCUT2D eigenvalue weighted by atomic mass is 9.99. The smallest absolute Gasteiger partial charge is 0.416 e. The van der Waals surface area contributed by atoms with Crippen LogP contribution in [0.15, 0.2) is 98.5 Å². The lowest BCUT2D eigenvalue weighted by Gasteiger charge is -2.28. The van der Waals surface area contributed by atoms with E-state index >= 15 is 0 Å². The van der Waals surface area contributed by atoms with Crippen molar-refractivity contribution in [3.63, 3.8) is 0 Å². The van der Waals surface area contributed by atoms with Gasteiger partial charge < -0.3 is 44.1 Å². The van der Waals surface area contributed by atoms with Crippen molar-refractivity contribution < 1.29 is 50.9 Å². The Hall–Kier alpha value is -7.65. The molecule has 21 heteroatoms. The summed E-state index contributed by atoms with van der Waals surface area (Å²) >= 11 is 0. The van der Waals surface area contributed by atoms with Crippen LogP contribution in [0.1, 0.15) is 122 Å². The number of carbonyl (C=O) groups is 2. The Morgan fingerprint density at radius 1 is 0.767 bits per heavy atom. The molecule has 0 saturated carbocycles. The number of anilines is 3. The summed E-state index contributed by atoms with van der Waals surface area (Å²) in [5.41, 5.74) is 3.33. The summed E-state index contributed by atoms with van der Waals surface area (Å²) in [6.07, 6.45) is -3.30. The Morgan fingerprint density at radius 2 is 1.48 bits per heavy atom. The van der Waals surface area contributed by atoms with Gasteiger partial charge in [0.05, 0.1) is 55.9 Å². The first-order valence-corrected chi connectivity index (χ1v) is 23.8. The first kappa shape index (κ1) is 53.2. The summed E-state index contributed by atoms with van der Waals surface area (Å²) in [7, 11) is 1.32. The van der Waals surface area contributed by atoms with Gasteiger partial charge in [-0.05, 0) is 91.3 Å². The number of nitrogens with zero attached hydrogens (tertiary/aromatic N) is 7. The Labute approximate surface area is 420 Å². The van der Waals surface area contributed by atoms with Crippen LogP contribution in [-0.2, 0) is 59.5 Å². The molecule has 3 unspecified atom stereocenters. The van der Waals surface area contributed by atoms with E-state index in [9.17, 15) is 27.9 Å². The van der Waals surface area contributed by atoms with Gasteiger partial charge in [-0.15, -0.1) is 0 Å². The van der Waals surface area contributed by atoms with Crippen LogP contribution in [0.4, 0.5) is 30.2 Å². The zero-order chi connectivity index (χ0) is 52.2. The van der Waals surface area contributed by atoms with Crippen LogP contribution in [0.25, 0.3) is 11.1 Å². The van der Waals surface area contributed by atoms with Gasteiger partial charge in [-0.2, -0.15) is 28.1 Å². The number of amides is 1. The molecule has 386 valence electrons. The minimum atomic E-state index is -4.57. The SMILES string of the molecule is COC(=O)c1cc(NCc2nc(CC(C)C)no2)cc(-c2ccc(CN(Cc3nc(C(C)OCC(C)CCc4noc(CNc5cc(C(F)(F)F)ccc5NC(C)=O)n4)no3)C(C)c3ccccc3)c(O)c2)c1. The molecule has 3 heterocycles. The number of benzene rings is 4. The van der Waals surface area contributed by atoms with Crippen LogP contribution in [0.2, 0.25) is 0 Å². The van der Waals surface area contributed by atoms with Gasteiger partial charge in [0.25, 0.3) is 0 Å². The summed E-state index contributed by atoms with van der Waals surface area (Å²) in [5, 5.41) is 32.5. The highest BCUT2D eigenvalue weighted by molar-refractivity contribution is 5.93. The van der Waals surface area contributed by atoms with E-state index in [-0.39, 0.29) is 54.6 Å². The largest absolute Gasteiger partial charge is 0.508 e. The first-order chi connectivity index (χ1) is 34.9. The van der Waals surface area contributed by atoms with Crippen molar-refractivity contribution in [3.8, 4) is 16.9 Å². The van der Waals surface area contributed by atoms with Gasteiger partial charge in [0.1, 0.15) is 11.9 Å². The molecule has 7 rings (SSSR count). The van der Waals surface area contributed by atoms with Gasteiger partial charge in [0, 0.05) is 43.6 Å². The third kappa shape index (κ3) is 15.0. The summed E-state index contributed by atoms with van der Waals surface area (Å²) in [5.74, 6) is 1.88. The number of carbonyl (C=O) groups excluding carboxylic acids is 2. The minimum absolute atomic E-state index is 0.0517. The number of aryl methyl sites for hydroxylation is 1. The van der Waals surface area contributed by atoms with E-state index in [0.717, 1.165) is 17.7 Å². The number of phenols is 1. The molecule has 73 heavy (non-hydrogen) atoms. The second-order valence-corrected chi connectivity index (χ2v) is 18.2. The number of halogens is 3. The molecule has 1 amide bonds. The maximum Gasteiger partial charge on any atom is 0.416 e. The molecule has 0 bridgehead atoms. The topological polar surface area (TPSA) is 229 Å². The lowest BCUT2D eigenvalue weighted by molar-refractivity contribution is -0.137. The van der Waals surface area contributed by atoms with E-state index in [1.165, 1.54) is 20.1 Å². The number of methoxy groups -OCH3 is 1. The summed E-state index contributed by atoms with van der Waals surface area (Å²) in [4.78, 5) is 40.1. The lowest BCUT2D eigenvalue weighted by Crippen LogP contribution is -2.26. The summed E-state index contributed by atoms with van der Waals surface area (Å²) < 4.78 is 67.9. The Balaban J connectivity index is 0.957. The van der Waals surface area contributed by atoms with E-state index in [2.05, 4.69) is 67.1 Å². The van der Waals surface area contributed by atoms with Crippen molar-refractivity contribution in [2.45, 2.75) is 105 Å². The molecule has 0 spiro atoms. The zero-order valence-electron chi connectivity index (χ0n) is 41.6. The van der Waals surface area contributed by atoms with E-state index in [1.54, 1.807) is 18.2 Å². The fourth-order valence-corrected chi connectivity index (χ4v) is 7.80. The molecule has 0 fully saturated rings. The molecule has 7 aromatic rings. The molecule has 18 nitrogen and oxygen atoms in total. The number of nitrogens with one attached hydrogen (secondary N) is 3. The minimum Gasteiger partial charge on any atom is -0.508 e. The molecule has 0 radical (unpaired) electrons. The highest BCUT2D eigenvalue weighted by atomic mass is 19.4. The molecule has 3 atom stereocenters. The average Bonchev–Trinajstić information content (AvgIpc) is 4.15. The standard InChI is InChI=1S/C52H59F3N10O8/c1-30(2)19-46-60-47(72-63-46)25-56-41-21-38(20-39(22-41)51(68)69-7)36-14-15-37(44(67)23-36)27-65(32(4)35-11-9-8-10-12-35)28-49-61-50(64-73-49)33(5)70-29-31(3)13-18-45-59-48(71-62-45)26-57-43-24-40(52(53,54)55)16-17-42(43)58-34(6)66/h8-12,14-17,20-24,30-33,56-57,67H,13,18-19,25-29H2,1-7H3,(H,58,66). The third-order valence-electron chi connectivity index (χ3n) is 11.8. The van der Waals surface area contributed by atoms with Gasteiger partial charge in [0.15, 0.2) is 17.5 Å². The van der Waals surface area contributed by atoms with Gasteiger partial charge >= 0.3 is 12.1 Å². The number of aromatic hydroxyl groups is 1. The van der Waals surface area contributed by atoms with Gasteiger partial charge in [-0.1, -0.05) is 78.7 Å². The highest BCUT2D eigenvalue weighted by Gasteiger charge is 2.31. The second kappa shape index (κ2) is 24.2. The van der Waals surface area contributed by atoms with Crippen LogP contribution < -0.4 is 16.0 Å². The summed E-state index contributed by atoms with van der Waals surface area (Å²) in [6.45, 7) is 12.4. The molecule has 0 saturated heterocycles. The van der Waals surface area contributed by atoms with E-state index < -0.39 is 29.7 Å². The molecule has 0 aliphatic heterocycles. The fourth-order valence-electron chi connectivity index (χ4n) is 7.80. The number of rotatable bonds is 24. The number of aromatic nitrogens is 6. The number of hydrogen-bond acceptors (Lipinski definition) is 17. The Kier molecular flexibility index (Phi) is 17.6. The van der Waals surface area contributed by atoms with Gasteiger partial charge in [-0.25, -0.2) is 4.79 Å². The number of ether oxygens (including phenoxy) is 2. The van der Waals surface area contributed by atoms with Crippen molar-refractivity contribution in [1.82, 2.24) is 35.3 Å². The highest BCUT2D eigenvalue weighted by Crippen LogP contribution is 2.35. The van der Waals surface area contributed by atoms with E-state index in [4.69, 9.17) is 28.0 Å². The molecule has 0 aliphatic rings. The molecule has 3 aromatic heterocycles. The Morgan fingerprint density at radius 3 is 2.18 bits per heavy atom. The number of phenolic OH excluding ortho intramolecular Hbond substituents is 1. The first-order valence-electron chi connectivity index (χ1n) is 23.8. The molecule has 4 aromatic carbocycles. The fraction of sp³-hybridized carbons (Fsp3) is 0.385. The zero-order valence-corrected chi connectivity index (χ0v) is 41.6. The maximum absolute atomic E-state index is 13.4.